The number of hydrogen-bond donors (Lipinski definition) is 0. The van der Waals surface area contributed by atoms with Gasteiger partial charge >= 0.3 is 6.18 Å². The van der Waals surface area contributed by atoms with Gasteiger partial charge in [-0.25, -0.2) is 0 Å². The van der Waals surface area contributed by atoms with Gasteiger partial charge in [-0.3, -0.25) is 9.59 Å². The van der Waals surface area contributed by atoms with Gasteiger partial charge in [0.25, 0.3) is 11.8 Å². The van der Waals surface area contributed by atoms with E-state index in [0.29, 0.717) is 53.9 Å². The first-order valence-electron chi connectivity index (χ1n) is 14.0. The van der Waals surface area contributed by atoms with Crippen molar-refractivity contribution in [2.24, 2.45) is 0 Å². The summed E-state index contributed by atoms with van der Waals surface area (Å²) in [6.45, 7) is 2.04. The molecule has 6 rings (SSSR count). The average molecular weight is 634 g/mol. The number of para-hydroxylation sites is 1. The highest BCUT2D eigenvalue weighted by molar-refractivity contribution is 8.04. The van der Waals surface area contributed by atoms with E-state index < -0.39 is 11.7 Å². The van der Waals surface area contributed by atoms with Crippen molar-refractivity contribution in [1.29, 1.82) is 0 Å². The maximum Gasteiger partial charge on any atom is 0.416 e. The molecule has 224 valence electrons. The van der Waals surface area contributed by atoms with Gasteiger partial charge in [-0.05, 0) is 71.8 Å². The molecule has 2 amide bonds. The third-order valence-electron chi connectivity index (χ3n) is 7.62. The summed E-state index contributed by atoms with van der Waals surface area (Å²) in [6.07, 6.45) is -2.57. The molecule has 0 aliphatic carbocycles. The van der Waals surface area contributed by atoms with Gasteiger partial charge in [-0.15, -0.1) is 0 Å². The minimum absolute atomic E-state index is 0.118. The van der Waals surface area contributed by atoms with Gasteiger partial charge in [0.1, 0.15) is 0 Å². The summed E-state index contributed by atoms with van der Waals surface area (Å²) in [6, 6.07) is 27.6. The van der Waals surface area contributed by atoms with Crippen molar-refractivity contribution < 1.29 is 22.8 Å². The van der Waals surface area contributed by atoms with Gasteiger partial charge in [0.15, 0.2) is 0 Å². The molecule has 0 unspecified atom stereocenters. The molecule has 2 aliphatic heterocycles. The van der Waals surface area contributed by atoms with E-state index in [1.54, 1.807) is 34.1 Å². The number of hydrogen-bond acceptors (Lipinski definition) is 4. The molecule has 4 aromatic rings. The Hall–Kier alpha value is -4.21. The second-order valence-electron chi connectivity index (χ2n) is 10.5. The van der Waals surface area contributed by atoms with Gasteiger partial charge in [-0.2, -0.15) is 13.2 Å². The lowest BCUT2D eigenvalue weighted by molar-refractivity contribution is -0.137. The van der Waals surface area contributed by atoms with Crippen LogP contribution in [0.25, 0.3) is 6.08 Å². The summed E-state index contributed by atoms with van der Waals surface area (Å²) in [5, 5.41) is 0.609. The predicted octanol–water partition coefficient (Wildman–Crippen LogP) is 8.00. The molecule has 1 fully saturated rings. The molecule has 0 spiro atoms. The van der Waals surface area contributed by atoms with E-state index in [1.807, 2.05) is 65.6 Å². The number of anilines is 2. The van der Waals surface area contributed by atoms with Gasteiger partial charge in [0, 0.05) is 47.3 Å². The monoisotopic (exact) mass is 633 g/mol. The summed E-state index contributed by atoms with van der Waals surface area (Å²) < 4.78 is 39.4. The maximum absolute atomic E-state index is 13.6. The fraction of sp³-hybridized carbons (Fsp3) is 0.176. The molecule has 0 radical (unpaired) electrons. The van der Waals surface area contributed by atoms with Crippen LogP contribution in [0, 0.1) is 0 Å². The number of carbonyl (C=O) groups is 2. The number of benzene rings is 4. The molecule has 0 aromatic heterocycles. The zero-order valence-corrected chi connectivity index (χ0v) is 25.0. The number of alkyl halides is 3. The Balaban J connectivity index is 1.14. The predicted molar refractivity (Wildman–Crippen MR) is 169 cm³/mol. The summed E-state index contributed by atoms with van der Waals surface area (Å²) in [7, 11) is 0. The van der Waals surface area contributed by atoms with Crippen LogP contribution in [0.1, 0.15) is 27.0 Å². The first-order chi connectivity index (χ1) is 21.2. The average Bonchev–Trinajstić information content (AvgIpc) is 3.03. The highest BCUT2D eigenvalue weighted by Gasteiger charge is 2.32. The number of rotatable bonds is 5. The number of nitrogens with zero attached hydrogens (tertiary/aromatic N) is 3. The van der Waals surface area contributed by atoms with Crippen molar-refractivity contribution in [2.75, 3.05) is 36.0 Å². The highest BCUT2D eigenvalue weighted by atomic mass is 35.5. The van der Waals surface area contributed by atoms with Crippen molar-refractivity contribution in [1.82, 2.24) is 4.90 Å². The van der Waals surface area contributed by atoms with Crippen LogP contribution in [0.5, 0.6) is 0 Å². The van der Waals surface area contributed by atoms with E-state index >= 15 is 0 Å². The smallest absolute Gasteiger partial charge is 0.368 e. The van der Waals surface area contributed by atoms with Crippen molar-refractivity contribution in [3.63, 3.8) is 0 Å². The molecular weight excluding hydrogens is 607 g/mol. The SMILES string of the molecule is O=C(c1ccc(/C=C2/Sc3ccccc3N(Cc3cccc(Cl)c3)C2=O)cc1)N1CCN(c2cccc(C(F)(F)F)c2)CC1. The van der Waals surface area contributed by atoms with E-state index in [9.17, 15) is 22.8 Å². The topological polar surface area (TPSA) is 43.9 Å². The van der Waals surface area contributed by atoms with Crippen molar-refractivity contribution >= 4 is 52.6 Å². The summed E-state index contributed by atoms with van der Waals surface area (Å²) in [5.74, 6) is -0.259. The van der Waals surface area contributed by atoms with Gasteiger partial charge < -0.3 is 14.7 Å². The van der Waals surface area contributed by atoms with Crippen LogP contribution in [0.4, 0.5) is 24.5 Å². The van der Waals surface area contributed by atoms with Crippen LogP contribution in [0.3, 0.4) is 0 Å². The zero-order chi connectivity index (χ0) is 30.8. The summed E-state index contributed by atoms with van der Waals surface area (Å²) in [4.78, 5) is 33.7. The minimum Gasteiger partial charge on any atom is -0.368 e. The lowest BCUT2D eigenvalue weighted by Crippen LogP contribution is -2.48. The van der Waals surface area contributed by atoms with Crippen LogP contribution < -0.4 is 9.80 Å². The molecule has 0 saturated carbocycles. The third-order valence-corrected chi connectivity index (χ3v) is 8.94. The highest BCUT2D eigenvalue weighted by Crippen LogP contribution is 2.42. The second-order valence-corrected chi connectivity index (χ2v) is 12.1. The summed E-state index contributed by atoms with van der Waals surface area (Å²) >= 11 is 7.60. The first kappa shape index (κ1) is 29.8. The lowest BCUT2D eigenvalue weighted by atomic mass is 10.1. The van der Waals surface area contributed by atoms with Crippen LogP contribution >= 0.6 is 23.4 Å². The molecule has 10 heteroatoms. The molecule has 4 aromatic carbocycles. The Kier molecular flexibility index (Phi) is 8.42. The number of thioether (sulfide) groups is 1. The van der Waals surface area contributed by atoms with E-state index in [-0.39, 0.29) is 11.8 Å². The van der Waals surface area contributed by atoms with Crippen LogP contribution in [0.15, 0.2) is 107 Å². The molecule has 1 saturated heterocycles. The fourth-order valence-electron chi connectivity index (χ4n) is 5.34. The quantitative estimate of drug-likeness (QED) is 0.209. The number of halogens is 4. The van der Waals surface area contributed by atoms with Crippen LogP contribution in [-0.4, -0.2) is 42.9 Å². The van der Waals surface area contributed by atoms with Gasteiger partial charge in [-0.1, -0.05) is 65.8 Å². The van der Waals surface area contributed by atoms with Gasteiger partial charge in [0.2, 0.25) is 0 Å². The number of amides is 2. The maximum atomic E-state index is 13.6. The molecule has 0 bridgehead atoms. The molecule has 5 nitrogen and oxygen atoms in total. The number of carbonyl (C=O) groups excluding carboxylic acids is 2. The van der Waals surface area contributed by atoms with Crippen molar-refractivity contribution in [2.45, 2.75) is 17.6 Å². The molecule has 2 aliphatic rings. The van der Waals surface area contributed by atoms with Crippen molar-refractivity contribution in [3.8, 4) is 0 Å². The Labute approximate surface area is 262 Å². The van der Waals surface area contributed by atoms with E-state index in [1.165, 1.54) is 17.8 Å². The molecule has 0 N–H and O–H groups in total. The minimum atomic E-state index is -4.40. The molecule has 0 atom stereocenters. The Morgan fingerprint density at radius 2 is 1.59 bits per heavy atom. The third kappa shape index (κ3) is 6.49. The normalized spacial score (nSPS) is 16.3. The number of fused-ring (bicyclic) bond motifs is 1. The fourth-order valence-corrected chi connectivity index (χ4v) is 6.61. The van der Waals surface area contributed by atoms with E-state index in [2.05, 4.69) is 0 Å². The van der Waals surface area contributed by atoms with Crippen LogP contribution in [-0.2, 0) is 17.5 Å². The summed E-state index contributed by atoms with van der Waals surface area (Å²) in [5.41, 5.74) is 2.87. The Morgan fingerprint density at radius 1 is 0.864 bits per heavy atom. The lowest BCUT2D eigenvalue weighted by Gasteiger charge is -2.36. The Bertz CT molecular complexity index is 1730. The first-order valence-corrected chi connectivity index (χ1v) is 15.2. The van der Waals surface area contributed by atoms with Gasteiger partial charge in [0.05, 0.1) is 22.7 Å². The second kappa shape index (κ2) is 12.4. The van der Waals surface area contributed by atoms with E-state index in [0.717, 1.165) is 33.8 Å². The largest absolute Gasteiger partial charge is 0.416 e. The Morgan fingerprint density at radius 3 is 2.32 bits per heavy atom. The van der Waals surface area contributed by atoms with Crippen molar-refractivity contribution in [3.05, 3.63) is 129 Å². The molecule has 2 heterocycles. The number of piperazine rings is 1. The standard InChI is InChI=1S/C34H27ClF3N3O2S/c35-27-7-3-5-24(19-27)22-41-29-9-1-2-10-30(29)44-31(33(41)43)20-23-11-13-25(14-12-23)32(42)40-17-15-39(16-18-40)28-8-4-6-26(21-28)34(36,37)38/h1-14,19-21H,15-18,22H2/b31-20+. The zero-order valence-electron chi connectivity index (χ0n) is 23.4. The molecule has 44 heavy (non-hydrogen) atoms. The van der Waals surface area contributed by atoms with E-state index in [4.69, 9.17) is 11.6 Å². The van der Waals surface area contributed by atoms with Crippen LogP contribution in [0.2, 0.25) is 5.02 Å². The molecular formula is C34H27ClF3N3O2S.